The number of rotatable bonds is 1. The van der Waals surface area contributed by atoms with Crippen molar-refractivity contribution in [2.45, 2.75) is 0 Å². The second-order valence-electron chi connectivity index (χ2n) is 4.13. The first kappa shape index (κ1) is 11.8. The number of nitrogens with two attached hydrogens (primary N) is 2. The molecule has 0 radical (unpaired) electrons. The Balaban J connectivity index is 2.36. The molecule has 96 valence electrons. The molecule has 0 saturated carbocycles. The Morgan fingerprint density at radius 2 is 2.00 bits per heavy atom. The number of hydrogen-bond acceptors (Lipinski definition) is 3. The quantitative estimate of drug-likeness (QED) is 0.718. The molecule has 3 rings (SSSR count). The van der Waals surface area contributed by atoms with Gasteiger partial charge in [-0.2, -0.15) is 0 Å². The van der Waals surface area contributed by atoms with Gasteiger partial charge in [0.05, 0.1) is 22.4 Å². The summed E-state index contributed by atoms with van der Waals surface area (Å²) >= 11 is 5.80. The highest BCUT2D eigenvalue weighted by molar-refractivity contribution is 6.30. The molecule has 0 aliphatic rings. The van der Waals surface area contributed by atoms with Crippen LogP contribution in [0.5, 0.6) is 0 Å². The number of nitrogen functional groups attached to an aromatic ring is 2. The van der Waals surface area contributed by atoms with Crippen LogP contribution >= 0.6 is 11.6 Å². The Morgan fingerprint density at radius 3 is 2.74 bits per heavy atom. The third-order valence-electron chi connectivity index (χ3n) is 3.01. The van der Waals surface area contributed by atoms with E-state index in [-0.39, 0.29) is 5.02 Å². The van der Waals surface area contributed by atoms with Crippen molar-refractivity contribution >= 4 is 34.0 Å². The molecule has 0 spiro atoms. The smallest absolute Gasteiger partial charge is 0.141 e. The molecule has 0 saturated heterocycles. The Hall–Kier alpha value is -2.27. The molecule has 2 heterocycles. The fraction of sp³-hybridized carbons (Fsp3) is 0. The third-order valence-corrected chi connectivity index (χ3v) is 3.30. The maximum absolute atomic E-state index is 13.2. The highest BCUT2D eigenvalue weighted by atomic mass is 35.5. The van der Waals surface area contributed by atoms with Gasteiger partial charge >= 0.3 is 0 Å². The van der Waals surface area contributed by atoms with Gasteiger partial charge in [0.15, 0.2) is 0 Å². The van der Waals surface area contributed by atoms with Crippen LogP contribution in [0.2, 0.25) is 5.02 Å². The van der Waals surface area contributed by atoms with Gasteiger partial charge in [-0.25, -0.2) is 4.39 Å². The summed E-state index contributed by atoms with van der Waals surface area (Å²) < 4.78 is 14.9. The summed E-state index contributed by atoms with van der Waals surface area (Å²) in [5.41, 5.74) is 13.8. The van der Waals surface area contributed by atoms with Gasteiger partial charge in [-0.15, -0.1) is 0 Å². The molecule has 1 aromatic carbocycles. The number of fused-ring (bicyclic) bond motifs is 1. The number of nitrogens with zero attached hydrogens (tertiary/aromatic N) is 2. The number of anilines is 2. The monoisotopic (exact) mass is 276 g/mol. The molecule has 19 heavy (non-hydrogen) atoms. The summed E-state index contributed by atoms with van der Waals surface area (Å²) in [6.45, 7) is 0. The van der Waals surface area contributed by atoms with Crippen LogP contribution in [0.15, 0.2) is 36.7 Å². The fourth-order valence-electron chi connectivity index (χ4n) is 2.08. The average molecular weight is 277 g/mol. The maximum atomic E-state index is 13.2. The van der Waals surface area contributed by atoms with Crippen molar-refractivity contribution in [1.29, 1.82) is 0 Å². The number of aromatic nitrogens is 2. The van der Waals surface area contributed by atoms with Gasteiger partial charge in [-0.1, -0.05) is 11.6 Å². The van der Waals surface area contributed by atoms with E-state index in [0.717, 1.165) is 10.9 Å². The van der Waals surface area contributed by atoms with Gasteiger partial charge in [-0.3, -0.25) is 9.55 Å². The molecule has 0 unspecified atom stereocenters. The lowest BCUT2D eigenvalue weighted by Crippen LogP contribution is -2.01. The lowest BCUT2D eigenvalue weighted by atomic mass is 10.3. The normalized spacial score (nSPS) is 11.1. The minimum Gasteiger partial charge on any atom is -0.395 e. The number of benzene rings is 1. The number of halogens is 2. The molecule has 2 aromatic heterocycles. The summed E-state index contributed by atoms with van der Waals surface area (Å²) in [5, 5.41) is 0.828. The maximum Gasteiger partial charge on any atom is 0.141 e. The van der Waals surface area contributed by atoms with Gasteiger partial charge in [0.1, 0.15) is 11.6 Å². The van der Waals surface area contributed by atoms with Crippen LogP contribution in [0.3, 0.4) is 0 Å². The van der Waals surface area contributed by atoms with E-state index in [1.807, 2.05) is 0 Å². The first-order valence-electron chi connectivity index (χ1n) is 5.54. The highest BCUT2D eigenvalue weighted by Crippen LogP contribution is 2.33. The van der Waals surface area contributed by atoms with Crippen LogP contribution in [0.1, 0.15) is 0 Å². The van der Waals surface area contributed by atoms with Gasteiger partial charge in [0, 0.05) is 17.3 Å². The van der Waals surface area contributed by atoms with E-state index in [0.29, 0.717) is 17.2 Å². The summed E-state index contributed by atoms with van der Waals surface area (Å²) in [6.07, 6.45) is 3.29. The Kier molecular flexibility index (Phi) is 2.57. The minimum atomic E-state index is -0.480. The molecule has 0 bridgehead atoms. The summed E-state index contributed by atoms with van der Waals surface area (Å²) in [6, 6.07) is 6.15. The van der Waals surface area contributed by atoms with Gasteiger partial charge in [-0.05, 0) is 24.3 Å². The van der Waals surface area contributed by atoms with Crippen LogP contribution in [-0.4, -0.2) is 9.55 Å². The van der Waals surface area contributed by atoms with E-state index in [4.69, 9.17) is 23.1 Å². The molecule has 0 aliphatic carbocycles. The molecule has 0 aliphatic heterocycles. The van der Waals surface area contributed by atoms with Crippen molar-refractivity contribution in [1.82, 2.24) is 9.55 Å². The standard InChI is InChI=1S/C13H10ClFN4/c14-9-5-7(1-2-10(9)15)19-11-6-18-4-3-8(11)12(16)13(19)17/h1-6H,16-17H2. The molecule has 3 aromatic rings. The van der Waals surface area contributed by atoms with Crippen molar-refractivity contribution in [3.63, 3.8) is 0 Å². The van der Waals surface area contributed by atoms with Crippen molar-refractivity contribution in [3.05, 3.63) is 47.5 Å². The topological polar surface area (TPSA) is 69.9 Å². The highest BCUT2D eigenvalue weighted by Gasteiger charge is 2.14. The predicted octanol–water partition coefficient (Wildman–Crippen LogP) is 2.98. The summed E-state index contributed by atoms with van der Waals surface area (Å²) in [5.74, 6) is -0.0998. The van der Waals surface area contributed by atoms with E-state index in [1.165, 1.54) is 12.1 Å². The molecule has 0 atom stereocenters. The number of pyridine rings is 1. The van der Waals surface area contributed by atoms with E-state index >= 15 is 0 Å². The van der Waals surface area contributed by atoms with Crippen molar-refractivity contribution in [3.8, 4) is 5.69 Å². The fourth-order valence-corrected chi connectivity index (χ4v) is 2.26. The second kappa shape index (κ2) is 4.13. The summed E-state index contributed by atoms with van der Waals surface area (Å²) in [7, 11) is 0. The van der Waals surface area contributed by atoms with Crippen molar-refractivity contribution < 1.29 is 4.39 Å². The van der Waals surface area contributed by atoms with Crippen LogP contribution in [0, 0.1) is 5.82 Å². The predicted molar refractivity (Wildman–Crippen MR) is 74.9 cm³/mol. The first-order chi connectivity index (χ1) is 9.09. The Morgan fingerprint density at radius 1 is 1.21 bits per heavy atom. The van der Waals surface area contributed by atoms with E-state index < -0.39 is 5.82 Å². The zero-order chi connectivity index (χ0) is 13.6. The molecule has 6 heteroatoms. The van der Waals surface area contributed by atoms with Crippen molar-refractivity contribution in [2.75, 3.05) is 11.5 Å². The average Bonchev–Trinajstić information content (AvgIpc) is 2.66. The molecule has 4 N–H and O–H groups in total. The first-order valence-corrected chi connectivity index (χ1v) is 5.92. The van der Waals surface area contributed by atoms with Gasteiger partial charge in [0.2, 0.25) is 0 Å². The Bertz CT molecular complexity index is 782. The third kappa shape index (κ3) is 1.70. The largest absolute Gasteiger partial charge is 0.395 e. The molecule has 0 amide bonds. The van der Waals surface area contributed by atoms with Gasteiger partial charge < -0.3 is 11.5 Å². The SMILES string of the molecule is Nc1c(N)n(-c2ccc(F)c(Cl)c2)c2cnccc12. The summed E-state index contributed by atoms with van der Waals surface area (Å²) in [4.78, 5) is 4.05. The van der Waals surface area contributed by atoms with Crippen LogP contribution in [-0.2, 0) is 0 Å². The Labute approximate surface area is 113 Å². The van der Waals surface area contributed by atoms with Crippen LogP contribution < -0.4 is 11.5 Å². The lowest BCUT2D eigenvalue weighted by molar-refractivity contribution is 0.628. The molecular weight excluding hydrogens is 267 g/mol. The zero-order valence-corrected chi connectivity index (χ0v) is 10.5. The lowest BCUT2D eigenvalue weighted by Gasteiger charge is -2.08. The van der Waals surface area contributed by atoms with Crippen LogP contribution in [0.4, 0.5) is 15.9 Å². The van der Waals surface area contributed by atoms with E-state index in [1.54, 1.807) is 29.1 Å². The molecule has 0 fully saturated rings. The van der Waals surface area contributed by atoms with Crippen LogP contribution in [0.25, 0.3) is 16.6 Å². The zero-order valence-electron chi connectivity index (χ0n) is 9.77. The molecule has 4 nitrogen and oxygen atoms in total. The van der Waals surface area contributed by atoms with Gasteiger partial charge in [0.25, 0.3) is 0 Å². The van der Waals surface area contributed by atoms with E-state index in [2.05, 4.69) is 4.98 Å². The van der Waals surface area contributed by atoms with E-state index in [9.17, 15) is 4.39 Å². The van der Waals surface area contributed by atoms with Crippen molar-refractivity contribution in [2.24, 2.45) is 0 Å². The number of hydrogen-bond donors (Lipinski definition) is 2. The molecular formula is C13H10ClFN4. The second-order valence-corrected chi connectivity index (χ2v) is 4.53. The minimum absolute atomic E-state index is 0.0289.